The molecule has 24 heavy (non-hydrogen) atoms. The van der Waals surface area contributed by atoms with E-state index in [-0.39, 0.29) is 0 Å². The molecule has 2 aromatic heterocycles. The van der Waals surface area contributed by atoms with Gasteiger partial charge in [0.25, 0.3) is 5.01 Å². The molecule has 0 spiro atoms. The van der Waals surface area contributed by atoms with E-state index in [1.54, 1.807) is 11.3 Å². The molecule has 0 unspecified atom stereocenters. The van der Waals surface area contributed by atoms with Gasteiger partial charge >= 0.3 is 0 Å². The average Bonchev–Trinajstić information content (AvgIpc) is 3.19. The van der Waals surface area contributed by atoms with Crippen molar-refractivity contribution < 1.29 is 8.98 Å². The van der Waals surface area contributed by atoms with Crippen molar-refractivity contribution in [1.82, 2.24) is 0 Å². The maximum Gasteiger partial charge on any atom is 0.262 e. The van der Waals surface area contributed by atoms with Crippen LogP contribution in [0.4, 0.5) is 0 Å². The molecule has 2 aromatic carbocycles. The molecule has 0 amide bonds. The summed E-state index contributed by atoms with van der Waals surface area (Å²) in [7, 11) is 2.09. The van der Waals surface area contributed by atoms with Crippen molar-refractivity contribution in [1.29, 1.82) is 0 Å². The van der Waals surface area contributed by atoms with Crippen LogP contribution in [0.5, 0.6) is 0 Å². The number of hydrogen-bond acceptors (Lipinski definition) is 2. The van der Waals surface area contributed by atoms with Gasteiger partial charge in [-0.2, -0.15) is 4.57 Å². The molecule has 2 nitrogen and oxygen atoms in total. The van der Waals surface area contributed by atoms with Crippen LogP contribution in [0, 0.1) is 0 Å². The summed E-state index contributed by atoms with van der Waals surface area (Å²) in [5.74, 6) is 1.71. The van der Waals surface area contributed by atoms with E-state index in [1.165, 1.54) is 15.2 Å². The Morgan fingerprint density at radius 3 is 2.58 bits per heavy atom. The minimum atomic E-state index is 0.846. The highest BCUT2D eigenvalue weighted by atomic mass is 79.9. The van der Waals surface area contributed by atoms with Gasteiger partial charge in [-0.05, 0) is 30.3 Å². The molecule has 0 aliphatic rings. The summed E-state index contributed by atoms with van der Waals surface area (Å²) < 4.78 is 10.5. The molecule has 4 heteroatoms. The second-order valence-electron chi connectivity index (χ2n) is 5.48. The summed E-state index contributed by atoms with van der Waals surface area (Å²) in [5, 5.41) is 1.19. The molecule has 2 heterocycles. The molecule has 118 valence electrons. The number of fused-ring (bicyclic) bond motifs is 1. The lowest BCUT2D eigenvalue weighted by Gasteiger charge is -1.99. The van der Waals surface area contributed by atoms with Crippen LogP contribution in [0.2, 0.25) is 0 Å². The van der Waals surface area contributed by atoms with Gasteiger partial charge in [0.2, 0.25) is 5.52 Å². The van der Waals surface area contributed by atoms with Crippen LogP contribution in [0.3, 0.4) is 0 Å². The molecule has 0 bridgehead atoms. The molecular formula is C20H15BrNOS+. The van der Waals surface area contributed by atoms with Crippen molar-refractivity contribution in [3.05, 3.63) is 75.9 Å². The first kappa shape index (κ1) is 15.4. The fourth-order valence-electron chi connectivity index (χ4n) is 2.67. The number of benzene rings is 2. The van der Waals surface area contributed by atoms with E-state index in [9.17, 15) is 0 Å². The smallest absolute Gasteiger partial charge is 0.262 e. The third kappa shape index (κ3) is 2.83. The number of aryl methyl sites for hydroxylation is 1. The Kier molecular flexibility index (Phi) is 4.08. The number of thiazole rings is 1. The highest BCUT2D eigenvalue weighted by Gasteiger charge is 2.13. The number of furan rings is 1. The standard InChI is InChI=1S/C20H15BrNOS/c1-22-17-8-4-5-9-19(17)24-20(22)13-11-14-10-12-18(23-14)15-6-2-3-7-16(15)21/h2-13H,1H3/q+1. The lowest BCUT2D eigenvalue weighted by Crippen LogP contribution is -2.28. The van der Waals surface area contributed by atoms with Crippen molar-refractivity contribution in [2.75, 3.05) is 0 Å². The largest absolute Gasteiger partial charge is 0.457 e. The van der Waals surface area contributed by atoms with Crippen LogP contribution in [-0.4, -0.2) is 0 Å². The molecule has 4 rings (SSSR count). The van der Waals surface area contributed by atoms with Gasteiger partial charge in [-0.25, -0.2) is 0 Å². The number of rotatable bonds is 3. The average molecular weight is 397 g/mol. The summed E-state index contributed by atoms with van der Waals surface area (Å²) in [4.78, 5) is 0. The summed E-state index contributed by atoms with van der Waals surface area (Å²) in [6.07, 6.45) is 4.12. The van der Waals surface area contributed by atoms with Crippen LogP contribution in [0.25, 0.3) is 33.7 Å². The number of halogens is 1. The van der Waals surface area contributed by atoms with Gasteiger partial charge in [0.05, 0.1) is 0 Å². The Bertz CT molecular complexity index is 1040. The second kappa shape index (κ2) is 6.38. The van der Waals surface area contributed by atoms with Crippen LogP contribution in [-0.2, 0) is 7.05 Å². The van der Waals surface area contributed by atoms with E-state index in [0.29, 0.717) is 0 Å². The maximum atomic E-state index is 5.96. The minimum absolute atomic E-state index is 0.846. The molecule has 4 aromatic rings. The van der Waals surface area contributed by atoms with Crippen molar-refractivity contribution >= 4 is 49.6 Å². The van der Waals surface area contributed by atoms with E-state index in [1.807, 2.05) is 42.5 Å². The lowest BCUT2D eigenvalue weighted by molar-refractivity contribution is -0.642. The summed E-state index contributed by atoms with van der Waals surface area (Å²) in [6.45, 7) is 0. The SMILES string of the molecule is C[n+]1c(C=Cc2ccc(-c3ccccc3Br)o2)sc2ccccc21. The zero-order valence-electron chi connectivity index (χ0n) is 13.1. The molecule has 0 radical (unpaired) electrons. The highest BCUT2D eigenvalue weighted by Crippen LogP contribution is 2.30. The Hall–Kier alpha value is -2.17. The van der Waals surface area contributed by atoms with E-state index < -0.39 is 0 Å². The molecule has 0 saturated heterocycles. The van der Waals surface area contributed by atoms with Crippen LogP contribution < -0.4 is 4.57 Å². The van der Waals surface area contributed by atoms with Gasteiger partial charge in [-0.15, -0.1) is 0 Å². The minimum Gasteiger partial charge on any atom is -0.457 e. The maximum absolute atomic E-state index is 5.96. The zero-order chi connectivity index (χ0) is 16.5. The normalized spacial score (nSPS) is 11.6. The molecular weight excluding hydrogens is 382 g/mol. The predicted molar refractivity (Wildman–Crippen MR) is 104 cm³/mol. The third-order valence-corrected chi connectivity index (χ3v) is 5.80. The first-order valence-electron chi connectivity index (χ1n) is 7.63. The molecule has 0 N–H and O–H groups in total. The van der Waals surface area contributed by atoms with Crippen LogP contribution >= 0.6 is 27.3 Å². The predicted octanol–water partition coefficient (Wildman–Crippen LogP) is 5.92. The van der Waals surface area contributed by atoms with Crippen molar-refractivity contribution in [2.24, 2.45) is 7.05 Å². The highest BCUT2D eigenvalue weighted by molar-refractivity contribution is 9.10. The van der Waals surface area contributed by atoms with Crippen molar-refractivity contribution in [3.8, 4) is 11.3 Å². The molecule has 0 saturated carbocycles. The number of hydrogen-bond donors (Lipinski definition) is 0. The number of nitrogens with zero attached hydrogens (tertiary/aromatic N) is 1. The first-order valence-corrected chi connectivity index (χ1v) is 9.24. The van der Waals surface area contributed by atoms with Gasteiger partial charge in [0.15, 0.2) is 0 Å². The fourth-order valence-corrected chi connectivity index (χ4v) is 4.20. The molecule has 0 aliphatic heterocycles. The van der Waals surface area contributed by atoms with E-state index in [2.05, 4.69) is 57.9 Å². The molecule has 0 aliphatic carbocycles. The third-order valence-electron chi connectivity index (χ3n) is 3.93. The van der Waals surface area contributed by atoms with E-state index in [4.69, 9.17) is 4.42 Å². The number of para-hydroxylation sites is 1. The van der Waals surface area contributed by atoms with Gasteiger partial charge in [-0.1, -0.05) is 57.6 Å². The van der Waals surface area contributed by atoms with Crippen molar-refractivity contribution in [3.63, 3.8) is 0 Å². The van der Waals surface area contributed by atoms with E-state index in [0.717, 1.165) is 21.6 Å². The Balaban J connectivity index is 1.65. The topological polar surface area (TPSA) is 17.0 Å². The molecule has 0 fully saturated rings. The molecule has 0 atom stereocenters. The monoisotopic (exact) mass is 396 g/mol. The lowest BCUT2D eigenvalue weighted by atomic mass is 10.2. The first-order chi connectivity index (χ1) is 11.7. The van der Waals surface area contributed by atoms with Crippen LogP contribution in [0.1, 0.15) is 10.8 Å². The van der Waals surface area contributed by atoms with Gasteiger partial charge in [0.1, 0.15) is 23.3 Å². The van der Waals surface area contributed by atoms with Gasteiger partial charge in [0, 0.05) is 22.2 Å². The zero-order valence-corrected chi connectivity index (χ0v) is 15.5. The van der Waals surface area contributed by atoms with Gasteiger partial charge in [-0.3, -0.25) is 0 Å². The Morgan fingerprint density at radius 2 is 1.75 bits per heavy atom. The Labute approximate surface area is 152 Å². The summed E-state index contributed by atoms with van der Waals surface area (Å²) in [6, 6.07) is 20.5. The summed E-state index contributed by atoms with van der Waals surface area (Å²) in [5.41, 5.74) is 2.31. The fraction of sp³-hybridized carbons (Fsp3) is 0.0500. The Morgan fingerprint density at radius 1 is 0.958 bits per heavy atom. The van der Waals surface area contributed by atoms with Crippen LogP contribution in [0.15, 0.2) is 69.6 Å². The van der Waals surface area contributed by atoms with Crippen molar-refractivity contribution in [2.45, 2.75) is 0 Å². The second-order valence-corrected chi connectivity index (χ2v) is 7.40. The van der Waals surface area contributed by atoms with E-state index >= 15 is 0 Å². The quantitative estimate of drug-likeness (QED) is 0.392. The number of aromatic nitrogens is 1. The van der Waals surface area contributed by atoms with Gasteiger partial charge < -0.3 is 4.42 Å². The summed E-state index contributed by atoms with van der Waals surface area (Å²) >= 11 is 5.34.